The van der Waals surface area contributed by atoms with Gasteiger partial charge in [-0.15, -0.1) is 0 Å². The average molecular weight is 311 g/mol. The molecule has 1 aromatic rings. The summed E-state index contributed by atoms with van der Waals surface area (Å²) < 4.78 is 1.15. The second-order valence-corrected chi connectivity index (χ2v) is 6.32. The lowest BCUT2D eigenvalue weighted by Crippen LogP contribution is -2.47. The predicted molar refractivity (Wildman–Crippen MR) is 80.5 cm³/mol. The smallest absolute Gasteiger partial charge is 0.0345 e. The minimum Gasteiger partial charge on any atom is -0.327 e. The zero-order chi connectivity index (χ0) is 13.1. The maximum absolute atomic E-state index is 6.11. The SMILES string of the molecule is CCC(c1ccc(Br)cc1)N1CCC(N)C(C)C1. The monoisotopic (exact) mass is 310 g/mol. The Balaban J connectivity index is 2.11. The van der Waals surface area contributed by atoms with Crippen molar-refractivity contribution in [1.82, 2.24) is 4.90 Å². The van der Waals surface area contributed by atoms with Crippen molar-refractivity contribution in [2.45, 2.75) is 38.8 Å². The largest absolute Gasteiger partial charge is 0.327 e. The van der Waals surface area contributed by atoms with Crippen molar-refractivity contribution < 1.29 is 0 Å². The summed E-state index contributed by atoms with van der Waals surface area (Å²) in [5.41, 5.74) is 7.53. The van der Waals surface area contributed by atoms with E-state index >= 15 is 0 Å². The van der Waals surface area contributed by atoms with E-state index in [0.717, 1.165) is 30.4 Å². The Morgan fingerprint density at radius 2 is 2.06 bits per heavy atom. The Morgan fingerprint density at radius 3 is 2.61 bits per heavy atom. The topological polar surface area (TPSA) is 29.3 Å². The van der Waals surface area contributed by atoms with Gasteiger partial charge in [0.2, 0.25) is 0 Å². The molecule has 1 aromatic carbocycles. The van der Waals surface area contributed by atoms with Crippen LogP contribution in [0.3, 0.4) is 0 Å². The van der Waals surface area contributed by atoms with E-state index in [4.69, 9.17) is 5.73 Å². The second kappa shape index (κ2) is 6.18. The van der Waals surface area contributed by atoms with Crippen LogP contribution in [0.15, 0.2) is 28.7 Å². The van der Waals surface area contributed by atoms with Crippen LogP contribution in [0.25, 0.3) is 0 Å². The van der Waals surface area contributed by atoms with Gasteiger partial charge in [0.25, 0.3) is 0 Å². The molecule has 2 rings (SSSR count). The number of likely N-dealkylation sites (tertiary alicyclic amines) is 1. The quantitative estimate of drug-likeness (QED) is 0.924. The molecule has 100 valence electrons. The maximum atomic E-state index is 6.11. The number of benzene rings is 1. The zero-order valence-electron chi connectivity index (χ0n) is 11.3. The summed E-state index contributed by atoms with van der Waals surface area (Å²) in [4.78, 5) is 2.59. The molecule has 0 aromatic heterocycles. The van der Waals surface area contributed by atoms with Crippen molar-refractivity contribution in [1.29, 1.82) is 0 Å². The summed E-state index contributed by atoms with van der Waals surface area (Å²) in [7, 11) is 0. The number of halogens is 1. The van der Waals surface area contributed by atoms with Crippen LogP contribution in [0.5, 0.6) is 0 Å². The Kier molecular flexibility index (Phi) is 4.82. The summed E-state index contributed by atoms with van der Waals surface area (Å²) in [6, 6.07) is 9.65. The summed E-state index contributed by atoms with van der Waals surface area (Å²) >= 11 is 3.50. The fourth-order valence-corrected chi connectivity index (χ4v) is 3.13. The van der Waals surface area contributed by atoms with Crippen LogP contribution in [0.2, 0.25) is 0 Å². The number of piperidine rings is 1. The molecule has 1 heterocycles. The highest BCUT2D eigenvalue weighted by Crippen LogP contribution is 2.29. The molecular formula is C15H23BrN2. The van der Waals surface area contributed by atoms with Gasteiger partial charge in [-0.2, -0.15) is 0 Å². The highest BCUT2D eigenvalue weighted by atomic mass is 79.9. The van der Waals surface area contributed by atoms with Crippen molar-refractivity contribution in [3.63, 3.8) is 0 Å². The van der Waals surface area contributed by atoms with Crippen LogP contribution < -0.4 is 5.73 Å². The molecular weight excluding hydrogens is 288 g/mol. The number of rotatable bonds is 3. The summed E-state index contributed by atoms with van der Waals surface area (Å²) in [5, 5.41) is 0. The van der Waals surface area contributed by atoms with Gasteiger partial charge in [-0.3, -0.25) is 4.90 Å². The van der Waals surface area contributed by atoms with E-state index in [9.17, 15) is 0 Å². The van der Waals surface area contributed by atoms with E-state index in [1.807, 2.05) is 0 Å². The molecule has 1 fully saturated rings. The molecule has 1 aliphatic rings. The molecule has 0 radical (unpaired) electrons. The van der Waals surface area contributed by atoms with E-state index in [-0.39, 0.29) is 0 Å². The van der Waals surface area contributed by atoms with Crippen LogP contribution in [0.1, 0.15) is 38.3 Å². The molecule has 2 N–H and O–H groups in total. The average Bonchev–Trinajstić information content (AvgIpc) is 2.37. The third kappa shape index (κ3) is 3.14. The summed E-state index contributed by atoms with van der Waals surface area (Å²) in [6.45, 7) is 6.78. The van der Waals surface area contributed by atoms with Crippen LogP contribution in [-0.2, 0) is 0 Å². The van der Waals surface area contributed by atoms with E-state index in [0.29, 0.717) is 18.0 Å². The van der Waals surface area contributed by atoms with Crippen LogP contribution in [0, 0.1) is 5.92 Å². The first-order valence-corrected chi connectivity index (χ1v) is 7.66. The molecule has 0 spiro atoms. The maximum Gasteiger partial charge on any atom is 0.0345 e. The van der Waals surface area contributed by atoms with E-state index in [2.05, 4.69) is 58.9 Å². The molecule has 3 heteroatoms. The van der Waals surface area contributed by atoms with Crippen molar-refractivity contribution in [3.8, 4) is 0 Å². The molecule has 0 saturated carbocycles. The number of nitrogens with two attached hydrogens (primary N) is 1. The van der Waals surface area contributed by atoms with Gasteiger partial charge in [-0.05, 0) is 36.5 Å². The lowest BCUT2D eigenvalue weighted by Gasteiger charge is -2.40. The van der Waals surface area contributed by atoms with Gasteiger partial charge >= 0.3 is 0 Å². The van der Waals surface area contributed by atoms with Gasteiger partial charge in [-0.25, -0.2) is 0 Å². The fraction of sp³-hybridized carbons (Fsp3) is 0.600. The van der Waals surface area contributed by atoms with Gasteiger partial charge in [0.05, 0.1) is 0 Å². The number of hydrogen-bond donors (Lipinski definition) is 1. The van der Waals surface area contributed by atoms with Gasteiger partial charge < -0.3 is 5.73 Å². The van der Waals surface area contributed by atoms with Crippen molar-refractivity contribution in [2.24, 2.45) is 11.7 Å². The second-order valence-electron chi connectivity index (χ2n) is 5.40. The normalized spacial score (nSPS) is 27.1. The first-order chi connectivity index (χ1) is 8.61. The Bertz CT molecular complexity index is 377. The Labute approximate surface area is 119 Å². The molecule has 18 heavy (non-hydrogen) atoms. The molecule has 1 saturated heterocycles. The van der Waals surface area contributed by atoms with Gasteiger partial charge in [-0.1, -0.05) is 41.9 Å². The molecule has 0 bridgehead atoms. The van der Waals surface area contributed by atoms with Gasteiger partial charge in [0.1, 0.15) is 0 Å². The van der Waals surface area contributed by atoms with Crippen molar-refractivity contribution >= 4 is 15.9 Å². The molecule has 3 atom stereocenters. The minimum atomic E-state index is 0.378. The van der Waals surface area contributed by atoms with Crippen LogP contribution in [0.4, 0.5) is 0 Å². The highest BCUT2D eigenvalue weighted by molar-refractivity contribution is 9.10. The molecule has 0 amide bonds. The number of hydrogen-bond acceptors (Lipinski definition) is 2. The lowest BCUT2D eigenvalue weighted by atomic mass is 9.91. The number of nitrogens with zero attached hydrogens (tertiary/aromatic N) is 1. The zero-order valence-corrected chi connectivity index (χ0v) is 12.9. The standard InChI is InChI=1S/C15H23BrN2/c1-3-15(12-4-6-13(16)7-5-12)18-9-8-14(17)11(2)10-18/h4-7,11,14-15H,3,8-10,17H2,1-2H3. The Hall–Kier alpha value is -0.380. The van der Waals surface area contributed by atoms with E-state index in [1.54, 1.807) is 0 Å². The fourth-order valence-electron chi connectivity index (χ4n) is 2.87. The molecule has 2 nitrogen and oxygen atoms in total. The first kappa shape index (κ1) is 14.0. The van der Waals surface area contributed by atoms with E-state index in [1.165, 1.54) is 5.56 Å². The third-order valence-electron chi connectivity index (χ3n) is 4.09. The van der Waals surface area contributed by atoms with Crippen LogP contribution in [-0.4, -0.2) is 24.0 Å². The Morgan fingerprint density at radius 1 is 1.39 bits per heavy atom. The predicted octanol–water partition coefficient (Wildman–Crippen LogP) is 3.57. The van der Waals surface area contributed by atoms with Gasteiger partial charge in [0.15, 0.2) is 0 Å². The first-order valence-electron chi connectivity index (χ1n) is 6.87. The lowest BCUT2D eigenvalue weighted by molar-refractivity contribution is 0.113. The van der Waals surface area contributed by atoms with E-state index < -0.39 is 0 Å². The van der Waals surface area contributed by atoms with Crippen LogP contribution >= 0.6 is 15.9 Å². The third-order valence-corrected chi connectivity index (χ3v) is 4.61. The summed E-state index contributed by atoms with van der Waals surface area (Å²) in [5.74, 6) is 0.600. The minimum absolute atomic E-state index is 0.378. The van der Waals surface area contributed by atoms with Gasteiger partial charge in [0, 0.05) is 29.6 Å². The van der Waals surface area contributed by atoms with Crippen molar-refractivity contribution in [3.05, 3.63) is 34.3 Å². The molecule has 0 aliphatic carbocycles. The van der Waals surface area contributed by atoms with Crippen molar-refractivity contribution in [2.75, 3.05) is 13.1 Å². The highest BCUT2D eigenvalue weighted by Gasteiger charge is 2.27. The molecule has 3 unspecified atom stereocenters. The summed E-state index contributed by atoms with van der Waals surface area (Å²) in [6.07, 6.45) is 2.28. The molecule has 1 aliphatic heterocycles.